The summed E-state index contributed by atoms with van der Waals surface area (Å²) >= 11 is 0. The minimum absolute atomic E-state index is 1.16. The first-order valence-electron chi connectivity index (χ1n) is 2.54. The molecule has 0 bridgehead atoms. The second kappa shape index (κ2) is 3.71. The van der Waals surface area contributed by atoms with E-state index in [-0.39, 0.29) is 0 Å². The molecule has 0 spiro atoms. The molecule has 2 N–H and O–H groups in total. The Kier molecular flexibility index (Phi) is 3.24. The molecule has 0 fully saturated rings. The fraction of sp³-hybridized carbons (Fsp3) is 0.750. The second-order valence-corrected chi connectivity index (χ2v) is 1.73. The van der Waals surface area contributed by atoms with Crippen LogP contribution in [0.15, 0.2) is 5.11 Å². The van der Waals surface area contributed by atoms with E-state index in [0.29, 0.717) is 0 Å². The molecule has 0 heterocycles. The predicted molar refractivity (Wildman–Crippen MR) is 32.3 cm³/mol. The first-order valence-corrected chi connectivity index (χ1v) is 2.54. The van der Waals surface area contributed by atoms with Gasteiger partial charge in [0.05, 0.1) is 6.10 Å². The zero-order valence-corrected chi connectivity index (χ0v) is 5.30. The quantitative estimate of drug-likeness (QED) is 0.334. The van der Waals surface area contributed by atoms with E-state index in [0.717, 1.165) is 0 Å². The van der Waals surface area contributed by atoms with Crippen LogP contribution in [0.4, 0.5) is 0 Å². The SMILES string of the molecule is CC(O)[C@@H](N=[N+]=[N-])C(=O)O. The first-order chi connectivity index (χ1) is 4.59. The zero-order valence-electron chi connectivity index (χ0n) is 5.30. The van der Waals surface area contributed by atoms with Gasteiger partial charge in [-0.2, -0.15) is 0 Å². The van der Waals surface area contributed by atoms with E-state index < -0.39 is 18.1 Å². The standard InChI is InChI=1S/C4H7N3O3/c1-2(8)3(4(9)10)6-7-5/h2-3,8H,1H3,(H,9,10)/t2?,3-/m1/s1. The molecule has 2 atom stereocenters. The molecule has 0 saturated heterocycles. The maximum atomic E-state index is 10.1. The van der Waals surface area contributed by atoms with E-state index in [2.05, 4.69) is 10.0 Å². The number of rotatable bonds is 3. The van der Waals surface area contributed by atoms with E-state index in [9.17, 15) is 4.79 Å². The number of aliphatic hydroxyl groups excluding tert-OH is 1. The molecule has 0 rings (SSSR count). The highest BCUT2D eigenvalue weighted by Gasteiger charge is 2.20. The summed E-state index contributed by atoms with van der Waals surface area (Å²) in [6.07, 6.45) is -1.16. The van der Waals surface area contributed by atoms with Crippen molar-refractivity contribution in [1.29, 1.82) is 0 Å². The van der Waals surface area contributed by atoms with E-state index in [1.165, 1.54) is 6.92 Å². The zero-order chi connectivity index (χ0) is 8.15. The van der Waals surface area contributed by atoms with Gasteiger partial charge in [0.1, 0.15) is 0 Å². The normalized spacial score (nSPS) is 15.0. The molecule has 0 aliphatic heterocycles. The Balaban J connectivity index is 4.26. The van der Waals surface area contributed by atoms with Crippen molar-refractivity contribution in [2.45, 2.75) is 19.1 Å². The molecule has 1 unspecified atom stereocenters. The summed E-state index contributed by atoms with van der Waals surface area (Å²) in [5, 5.41) is 19.8. The van der Waals surface area contributed by atoms with Crippen molar-refractivity contribution >= 4 is 5.97 Å². The fourth-order valence-corrected chi connectivity index (χ4v) is 0.408. The van der Waals surface area contributed by atoms with Gasteiger partial charge in [0.2, 0.25) is 0 Å². The molecule has 0 aromatic heterocycles. The maximum Gasteiger partial charge on any atom is 0.315 e. The fourth-order valence-electron chi connectivity index (χ4n) is 0.408. The Labute approximate surface area is 56.7 Å². The molecule has 0 amide bonds. The number of carboxylic acid groups (broad SMARTS) is 1. The molecular formula is C4H7N3O3. The third-order valence-electron chi connectivity index (χ3n) is 0.886. The van der Waals surface area contributed by atoms with Crippen molar-refractivity contribution in [1.82, 2.24) is 0 Å². The van der Waals surface area contributed by atoms with Crippen LogP contribution in [0.2, 0.25) is 0 Å². The minimum atomic E-state index is -1.38. The van der Waals surface area contributed by atoms with Gasteiger partial charge in [-0.1, -0.05) is 5.11 Å². The van der Waals surface area contributed by atoms with E-state index in [4.69, 9.17) is 15.7 Å². The summed E-state index contributed by atoms with van der Waals surface area (Å²) in [4.78, 5) is 12.4. The summed E-state index contributed by atoms with van der Waals surface area (Å²) < 4.78 is 0. The van der Waals surface area contributed by atoms with E-state index in [1.54, 1.807) is 0 Å². The number of nitrogens with zero attached hydrogens (tertiary/aromatic N) is 3. The van der Waals surface area contributed by atoms with Gasteiger partial charge in [0, 0.05) is 4.91 Å². The third-order valence-corrected chi connectivity index (χ3v) is 0.886. The van der Waals surface area contributed by atoms with Crippen LogP contribution in [0, 0.1) is 0 Å². The smallest absolute Gasteiger partial charge is 0.315 e. The maximum absolute atomic E-state index is 10.1. The molecule has 10 heavy (non-hydrogen) atoms. The van der Waals surface area contributed by atoms with Gasteiger partial charge >= 0.3 is 5.97 Å². The number of hydrogen-bond acceptors (Lipinski definition) is 3. The van der Waals surface area contributed by atoms with Crippen LogP contribution in [-0.2, 0) is 4.79 Å². The molecule has 6 heteroatoms. The Hall–Kier alpha value is -1.26. The van der Waals surface area contributed by atoms with Gasteiger partial charge in [-0.3, -0.25) is 4.79 Å². The van der Waals surface area contributed by atoms with Crippen LogP contribution < -0.4 is 0 Å². The van der Waals surface area contributed by atoms with Crippen molar-refractivity contribution in [2.24, 2.45) is 5.11 Å². The Morgan fingerprint density at radius 3 is 2.40 bits per heavy atom. The topological polar surface area (TPSA) is 106 Å². The molecule has 56 valence electrons. The second-order valence-electron chi connectivity index (χ2n) is 1.73. The molecule has 0 aromatic carbocycles. The summed E-state index contributed by atoms with van der Waals surface area (Å²) in [7, 11) is 0. The van der Waals surface area contributed by atoms with Crippen molar-refractivity contribution in [3.05, 3.63) is 10.4 Å². The number of carbonyl (C=O) groups is 1. The lowest BCUT2D eigenvalue weighted by Gasteiger charge is -2.06. The van der Waals surface area contributed by atoms with Crippen molar-refractivity contribution in [2.75, 3.05) is 0 Å². The number of aliphatic hydroxyl groups is 1. The van der Waals surface area contributed by atoms with Gasteiger partial charge in [-0.05, 0) is 12.5 Å². The number of carboxylic acids is 1. The Morgan fingerprint density at radius 2 is 2.30 bits per heavy atom. The molecule has 0 aromatic rings. The first kappa shape index (κ1) is 8.74. The van der Waals surface area contributed by atoms with E-state index in [1.807, 2.05) is 0 Å². The highest BCUT2D eigenvalue weighted by molar-refractivity contribution is 5.74. The van der Waals surface area contributed by atoms with Crippen LogP contribution in [0.5, 0.6) is 0 Å². The van der Waals surface area contributed by atoms with Gasteiger partial charge in [-0.25, -0.2) is 0 Å². The Morgan fingerprint density at radius 1 is 1.80 bits per heavy atom. The largest absolute Gasteiger partial charge is 0.481 e. The average molecular weight is 145 g/mol. The lowest BCUT2D eigenvalue weighted by Crippen LogP contribution is -2.29. The molecule has 0 aliphatic carbocycles. The van der Waals surface area contributed by atoms with Crippen LogP contribution in [0.3, 0.4) is 0 Å². The molecule has 0 radical (unpaired) electrons. The van der Waals surface area contributed by atoms with Crippen molar-refractivity contribution < 1.29 is 15.0 Å². The summed E-state index contributed by atoms with van der Waals surface area (Å²) in [5.41, 5.74) is 7.82. The van der Waals surface area contributed by atoms with Crippen LogP contribution in [0.25, 0.3) is 10.4 Å². The van der Waals surface area contributed by atoms with E-state index >= 15 is 0 Å². The lowest BCUT2D eigenvalue weighted by molar-refractivity contribution is -0.140. The molecular weight excluding hydrogens is 138 g/mol. The van der Waals surface area contributed by atoms with Gasteiger partial charge < -0.3 is 10.2 Å². The highest BCUT2D eigenvalue weighted by Crippen LogP contribution is 1.98. The van der Waals surface area contributed by atoms with Crippen LogP contribution in [-0.4, -0.2) is 28.3 Å². The third kappa shape index (κ3) is 2.34. The number of azide groups is 1. The average Bonchev–Trinajstić information content (AvgIpc) is 1.81. The van der Waals surface area contributed by atoms with Crippen molar-refractivity contribution in [3.8, 4) is 0 Å². The van der Waals surface area contributed by atoms with Gasteiger partial charge in [-0.15, -0.1) is 0 Å². The van der Waals surface area contributed by atoms with Gasteiger partial charge in [0.25, 0.3) is 0 Å². The number of hydrogen-bond donors (Lipinski definition) is 2. The monoisotopic (exact) mass is 145 g/mol. The van der Waals surface area contributed by atoms with Gasteiger partial charge in [0.15, 0.2) is 6.04 Å². The lowest BCUT2D eigenvalue weighted by atomic mass is 10.2. The molecule has 6 nitrogen and oxygen atoms in total. The van der Waals surface area contributed by atoms with Crippen LogP contribution in [0.1, 0.15) is 6.92 Å². The highest BCUT2D eigenvalue weighted by atomic mass is 16.4. The minimum Gasteiger partial charge on any atom is -0.481 e. The summed E-state index contributed by atoms with van der Waals surface area (Å²) in [6, 6.07) is -1.38. The van der Waals surface area contributed by atoms with Crippen molar-refractivity contribution in [3.63, 3.8) is 0 Å². The summed E-state index contributed by atoms with van der Waals surface area (Å²) in [5.74, 6) is -1.33. The molecule has 0 aliphatic rings. The Bertz CT molecular complexity index is 171. The predicted octanol–water partition coefficient (Wildman–Crippen LogP) is 0.131. The van der Waals surface area contributed by atoms with Crippen LogP contribution >= 0.6 is 0 Å². The number of aliphatic carboxylic acids is 1. The molecule has 0 saturated carbocycles. The summed E-state index contributed by atoms with van der Waals surface area (Å²) in [6.45, 7) is 1.24.